The van der Waals surface area contributed by atoms with Gasteiger partial charge < -0.3 is 19.9 Å². The monoisotopic (exact) mass is 489 g/mol. The summed E-state index contributed by atoms with van der Waals surface area (Å²) in [5, 5.41) is 3.59. The number of methoxy groups -OCH3 is 1. The number of hydrogen-bond donors (Lipinski definition) is 1. The van der Waals surface area contributed by atoms with Gasteiger partial charge >= 0.3 is 0 Å². The number of halogens is 1. The average molecular weight is 489 g/mol. The molecule has 0 amide bonds. The van der Waals surface area contributed by atoms with Gasteiger partial charge in [-0.1, -0.05) is 0 Å². The molecule has 0 spiro atoms. The first-order valence-corrected chi connectivity index (χ1v) is 9.52. The highest BCUT2D eigenvalue weighted by Crippen LogP contribution is 2.16. The third-order valence-corrected chi connectivity index (χ3v) is 5.20. The second-order valence-corrected chi connectivity index (χ2v) is 6.78. The van der Waals surface area contributed by atoms with E-state index in [1.807, 2.05) is 13.1 Å². The highest BCUT2D eigenvalue weighted by Gasteiger charge is 2.26. The van der Waals surface area contributed by atoms with Crippen molar-refractivity contribution in [2.45, 2.75) is 18.9 Å². The Bertz CT molecular complexity index is 566. The molecule has 1 unspecified atom stereocenters. The number of anilines is 1. The van der Waals surface area contributed by atoms with Gasteiger partial charge in [-0.3, -0.25) is 9.89 Å². The molecule has 3 rings (SSSR count). The fraction of sp³-hybridized carbons (Fsp3) is 0.722. The minimum Gasteiger partial charge on any atom is -0.383 e. The minimum absolute atomic E-state index is 0. The van der Waals surface area contributed by atoms with Crippen molar-refractivity contribution in [3.63, 3.8) is 0 Å². The van der Waals surface area contributed by atoms with Crippen LogP contribution in [0.2, 0.25) is 0 Å². The van der Waals surface area contributed by atoms with Gasteiger partial charge in [0.2, 0.25) is 5.95 Å². The van der Waals surface area contributed by atoms with E-state index in [0.717, 1.165) is 57.8 Å². The van der Waals surface area contributed by atoms with Crippen LogP contribution in [0.5, 0.6) is 0 Å². The second kappa shape index (κ2) is 11.6. The Balaban J connectivity index is 0.00000261. The fourth-order valence-corrected chi connectivity index (χ4v) is 3.74. The molecule has 2 aliphatic rings. The summed E-state index contributed by atoms with van der Waals surface area (Å²) in [7, 11) is 3.64. The molecule has 8 nitrogen and oxygen atoms in total. The highest BCUT2D eigenvalue weighted by atomic mass is 127. The van der Waals surface area contributed by atoms with Gasteiger partial charge in [0.25, 0.3) is 0 Å². The summed E-state index contributed by atoms with van der Waals surface area (Å²) >= 11 is 0. The lowest BCUT2D eigenvalue weighted by atomic mass is 10.2. The summed E-state index contributed by atoms with van der Waals surface area (Å²) in [4.78, 5) is 20.3. The topological polar surface area (TPSA) is 69.1 Å². The molecule has 0 aliphatic carbocycles. The zero-order valence-electron chi connectivity index (χ0n) is 16.4. The summed E-state index contributed by atoms with van der Waals surface area (Å²) in [5.41, 5.74) is 0. The Kier molecular flexibility index (Phi) is 9.49. The van der Waals surface area contributed by atoms with E-state index in [1.54, 1.807) is 19.5 Å². The Morgan fingerprint density at radius 1 is 1.22 bits per heavy atom. The largest absolute Gasteiger partial charge is 0.383 e. The third-order valence-electron chi connectivity index (χ3n) is 5.20. The van der Waals surface area contributed by atoms with E-state index in [4.69, 9.17) is 4.74 Å². The lowest BCUT2D eigenvalue weighted by Gasteiger charge is -2.37. The van der Waals surface area contributed by atoms with E-state index < -0.39 is 0 Å². The normalized spacial score (nSPS) is 21.3. The maximum absolute atomic E-state index is 5.23. The standard InChI is InChI=1S/C18H31N7O.HI/c1-19-17(22-15-16-5-3-8-23(16)13-14-26-2)24-9-11-25(12-10-24)18-20-6-4-7-21-18;/h4,6-7,16H,3,5,8-15H2,1-2H3,(H,19,22);1H. The quantitative estimate of drug-likeness (QED) is 0.362. The van der Waals surface area contributed by atoms with Crippen LogP contribution >= 0.6 is 24.0 Å². The van der Waals surface area contributed by atoms with Crippen molar-refractivity contribution in [3.8, 4) is 0 Å². The maximum atomic E-state index is 5.23. The van der Waals surface area contributed by atoms with Crippen LogP contribution in [-0.2, 0) is 4.74 Å². The van der Waals surface area contributed by atoms with Crippen LogP contribution in [0.25, 0.3) is 0 Å². The molecule has 2 saturated heterocycles. The zero-order valence-corrected chi connectivity index (χ0v) is 18.7. The number of nitrogens with one attached hydrogen (secondary N) is 1. The smallest absolute Gasteiger partial charge is 0.225 e. The molecule has 27 heavy (non-hydrogen) atoms. The van der Waals surface area contributed by atoms with E-state index >= 15 is 0 Å². The van der Waals surface area contributed by atoms with Crippen LogP contribution in [0.1, 0.15) is 12.8 Å². The fourth-order valence-electron chi connectivity index (χ4n) is 3.74. The van der Waals surface area contributed by atoms with Crippen molar-refractivity contribution in [2.24, 2.45) is 4.99 Å². The molecule has 0 radical (unpaired) electrons. The average Bonchev–Trinajstić information content (AvgIpc) is 3.15. The molecule has 1 aromatic heterocycles. The number of piperazine rings is 1. The highest BCUT2D eigenvalue weighted by molar-refractivity contribution is 14.0. The third kappa shape index (κ3) is 6.15. The molecule has 2 fully saturated rings. The second-order valence-electron chi connectivity index (χ2n) is 6.78. The number of aliphatic imine (C=N–C) groups is 1. The van der Waals surface area contributed by atoms with Gasteiger partial charge in [0, 0.05) is 71.9 Å². The predicted octanol–water partition coefficient (Wildman–Crippen LogP) is 0.903. The van der Waals surface area contributed by atoms with Crippen LogP contribution in [-0.4, -0.2) is 98.3 Å². The van der Waals surface area contributed by atoms with Gasteiger partial charge in [-0.25, -0.2) is 9.97 Å². The van der Waals surface area contributed by atoms with Crippen LogP contribution in [0.4, 0.5) is 5.95 Å². The van der Waals surface area contributed by atoms with Gasteiger partial charge in [0.05, 0.1) is 6.61 Å². The molecule has 2 aliphatic heterocycles. The molecule has 0 aromatic carbocycles. The van der Waals surface area contributed by atoms with E-state index in [1.165, 1.54) is 19.4 Å². The first-order valence-electron chi connectivity index (χ1n) is 9.52. The van der Waals surface area contributed by atoms with Crippen molar-refractivity contribution in [1.29, 1.82) is 0 Å². The Morgan fingerprint density at radius 2 is 1.96 bits per heavy atom. The Hall–Kier alpha value is -1.20. The molecule has 152 valence electrons. The minimum atomic E-state index is 0. The number of ether oxygens (including phenoxy) is 1. The van der Waals surface area contributed by atoms with Crippen molar-refractivity contribution in [1.82, 2.24) is 25.1 Å². The van der Waals surface area contributed by atoms with Gasteiger partial charge in [0.15, 0.2) is 5.96 Å². The van der Waals surface area contributed by atoms with Gasteiger partial charge in [-0.05, 0) is 25.5 Å². The van der Waals surface area contributed by atoms with Crippen molar-refractivity contribution in [2.75, 3.05) is 71.5 Å². The molecular formula is C18H32IN7O. The molecule has 1 aromatic rings. The molecule has 0 bridgehead atoms. The van der Waals surface area contributed by atoms with Crippen LogP contribution < -0.4 is 10.2 Å². The van der Waals surface area contributed by atoms with Crippen LogP contribution in [0.3, 0.4) is 0 Å². The molecule has 3 heterocycles. The van der Waals surface area contributed by atoms with E-state index in [9.17, 15) is 0 Å². The molecule has 1 atom stereocenters. The number of nitrogens with zero attached hydrogens (tertiary/aromatic N) is 6. The molecule has 0 saturated carbocycles. The van der Waals surface area contributed by atoms with E-state index in [0.29, 0.717) is 6.04 Å². The lowest BCUT2D eigenvalue weighted by Crippen LogP contribution is -2.54. The number of rotatable bonds is 6. The molecule has 9 heteroatoms. The lowest BCUT2D eigenvalue weighted by molar-refractivity contribution is 0.141. The summed E-state index contributed by atoms with van der Waals surface area (Å²) in [6.07, 6.45) is 6.11. The Labute approximate surface area is 179 Å². The van der Waals surface area contributed by atoms with Crippen molar-refractivity contribution in [3.05, 3.63) is 18.5 Å². The zero-order chi connectivity index (χ0) is 18.2. The SMILES string of the molecule is CN=C(NCC1CCCN1CCOC)N1CCN(c2ncccn2)CC1.I. The van der Waals surface area contributed by atoms with Crippen molar-refractivity contribution >= 4 is 35.9 Å². The number of likely N-dealkylation sites (tertiary alicyclic amines) is 1. The maximum Gasteiger partial charge on any atom is 0.225 e. The summed E-state index contributed by atoms with van der Waals surface area (Å²) in [6.45, 7) is 7.60. The summed E-state index contributed by atoms with van der Waals surface area (Å²) < 4.78 is 5.23. The first kappa shape index (κ1) is 22.1. The Morgan fingerprint density at radius 3 is 2.63 bits per heavy atom. The first-order chi connectivity index (χ1) is 12.8. The summed E-state index contributed by atoms with van der Waals surface area (Å²) in [6, 6.07) is 2.42. The number of aromatic nitrogens is 2. The van der Waals surface area contributed by atoms with Gasteiger partial charge in [0.1, 0.15) is 0 Å². The molecule has 1 N–H and O–H groups in total. The number of hydrogen-bond acceptors (Lipinski definition) is 6. The number of guanidine groups is 1. The van der Waals surface area contributed by atoms with Crippen LogP contribution in [0.15, 0.2) is 23.5 Å². The van der Waals surface area contributed by atoms with Gasteiger partial charge in [-0.2, -0.15) is 0 Å². The van der Waals surface area contributed by atoms with Crippen LogP contribution in [0, 0.1) is 0 Å². The van der Waals surface area contributed by atoms with Crippen molar-refractivity contribution < 1.29 is 4.74 Å². The van der Waals surface area contributed by atoms with E-state index in [-0.39, 0.29) is 24.0 Å². The van der Waals surface area contributed by atoms with E-state index in [2.05, 4.69) is 35.0 Å². The molecular weight excluding hydrogens is 457 g/mol. The summed E-state index contributed by atoms with van der Waals surface area (Å²) in [5.74, 6) is 1.81. The predicted molar refractivity (Wildman–Crippen MR) is 119 cm³/mol. The van der Waals surface area contributed by atoms with Gasteiger partial charge in [-0.15, -0.1) is 24.0 Å².